The van der Waals surface area contributed by atoms with Crippen LogP contribution in [-0.2, 0) is 6.54 Å². The van der Waals surface area contributed by atoms with Crippen molar-refractivity contribution in [3.63, 3.8) is 0 Å². The fraction of sp³-hybridized carbons (Fsp3) is 0.227. The molecule has 6 heteroatoms. The van der Waals surface area contributed by atoms with Crippen molar-refractivity contribution >= 4 is 17.5 Å². The van der Waals surface area contributed by atoms with Gasteiger partial charge in [0, 0.05) is 17.9 Å². The van der Waals surface area contributed by atoms with Crippen molar-refractivity contribution in [1.29, 1.82) is 0 Å². The van der Waals surface area contributed by atoms with E-state index >= 15 is 0 Å². The van der Waals surface area contributed by atoms with Crippen molar-refractivity contribution in [2.24, 2.45) is 0 Å². The van der Waals surface area contributed by atoms with Gasteiger partial charge in [0.25, 0.3) is 5.91 Å². The average Bonchev–Trinajstić information content (AvgIpc) is 2.69. The van der Waals surface area contributed by atoms with Gasteiger partial charge in [0.05, 0.1) is 7.11 Å². The molecule has 0 saturated heterocycles. The van der Waals surface area contributed by atoms with Gasteiger partial charge in [0.15, 0.2) is 0 Å². The molecule has 144 valence electrons. The number of ether oxygens (including phenoxy) is 1. The van der Waals surface area contributed by atoms with Gasteiger partial charge in [-0.2, -0.15) is 0 Å². The molecule has 3 rings (SSSR count). The van der Waals surface area contributed by atoms with Crippen LogP contribution in [-0.4, -0.2) is 23.0 Å². The van der Waals surface area contributed by atoms with Gasteiger partial charge in [-0.15, -0.1) is 0 Å². The van der Waals surface area contributed by atoms with Gasteiger partial charge in [0.1, 0.15) is 11.4 Å². The third kappa shape index (κ3) is 4.85. The number of aromatic nitrogens is 2. The Morgan fingerprint density at radius 1 is 1.00 bits per heavy atom. The first kappa shape index (κ1) is 19.4. The molecule has 2 aromatic carbocycles. The zero-order valence-electron chi connectivity index (χ0n) is 16.5. The Labute approximate surface area is 165 Å². The highest BCUT2D eigenvalue weighted by Crippen LogP contribution is 2.18. The Hall–Kier alpha value is -3.41. The zero-order valence-corrected chi connectivity index (χ0v) is 16.5. The molecule has 0 aliphatic rings. The molecule has 0 fully saturated rings. The lowest BCUT2D eigenvalue weighted by molar-refractivity contribution is 0.102. The first-order chi connectivity index (χ1) is 13.4. The molecule has 1 heterocycles. The number of rotatable bonds is 6. The Bertz CT molecular complexity index is 984. The van der Waals surface area contributed by atoms with E-state index in [0.717, 1.165) is 33.8 Å². The quantitative estimate of drug-likeness (QED) is 0.672. The van der Waals surface area contributed by atoms with Gasteiger partial charge >= 0.3 is 0 Å². The number of carbonyl (C=O) groups is 1. The van der Waals surface area contributed by atoms with Gasteiger partial charge in [0.2, 0.25) is 5.95 Å². The molecule has 0 aliphatic heterocycles. The first-order valence-electron chi connectivity index (χ1n) is 9.05. The summed E-state index contributed by atoms with van der Waals surface area (Å²) in [6.07, 6.45) is 0. The molecule has 2 N–H and O–H groups in total. The summed E-state index contributed by atoms with van der Waals surface area (Å²) in [4.78, 5) is 21.4. The van der Waals surface area contributed by atoms with Crippen molar-refractivity contribution in [2.75, 3.05) is 17.7 Å². The maximum Gasteiger partial charge on any atom is 0.274 e. The predicted octanol–water partition coefficient (Wildman–Crippen LogP) is 4.27. The van der Waals surface area contributed by atoms with Crippen LogP contribution in [0.2, 0.25) is 0 Å². The number of hydrogen-bond acceptors (Lipinski definition) is 5. The normalized spacial score (nSPS) is 10.4. The molecule has 0 unspecified atom stereocenters. The lowest BCUT2D eigenvalue weighted by Crippen LogP contribution is -2.16. The molecule has 0 bridgehead atoms. The Balaban J connectivity index is 1.72. The highest BCUT2D eigenvalue weighted by atomic mass is 16.5. The van der Waals surface area contributed by atoms with Crippen LogP contribution in [0.5, 0.6) is 5.75 Å². The van der Waals surface area contributed by atoms with Crippen molar-refractivity contribution in [2.45, 2.75) is 27.3 Å². The van der Waals surface area contributed by atoms with E-state index < -0.39 is 0 Å². The largest absolute Gasteiger partial charge is 0.497 e. The van der Waals surface area contributed by atoms with E-state index in [9.17, 15) is 4.79 Å². The lowest BCUT2D eigenvalue weighted by atomic mass is 10.1. The van der Waals surface area contributed by atoms with Crippen LogP contribution >= 0.6 is 0 Å². The molecule has 6 nitrogen and oxygen atoms in total. The third-order valence-corrected chi connectivity index (χ3v) is 4.34. The molecule has 1 amide bonds. The second-order valence-corrected chi connectivity index (χ2v) is 6.69. The summed E-state index contributed by atoms with van der Waals surface area (Å²) >= 11 is 0. The Morgan fingerprint density at radius 3 is 2.46 bits per heavy atom. The highest BCUT2D eigenvalue weighted by Gasteiger charge is 2.12. The number of nitrogens with one attached hydrogen (secondary N) is 2. The van der Waals surface area contributed by atoms with Crippen molar-refractivity contribution in [3.05, 3.63) is 76.6 Å². The second-order valence-electron chi connectivity index (χ2n) is 6.69. The van der Waals surface area contributed by atoms with Gasteiger partial charge in [-0.05, 0) is 61.7 Å². The second kappa shape index (κ2) is 8.52. The van der Waals surface area contributed by atoms with Crippen LogP contribution in [0.1, 0.15) is 32.9 Å². The van der Waals surface area contributed by atoms with E-state index in [1.54, 1.807) is 13.2 Å². The van der Waals surface area contributed by atoms with Gasteiger partial charge in [-0.3, -0.25) is 4.79 Å². The summed E-state index contributed by atoms with van der Waals surface area (Å²) in [5, 5.41) is 6.11. The monoisotopic (exact) mass is 376 g/mol. The molecule has 28 heavy (non-hydrogen) atoms. The van der Waals surface area contributed by atoms with Crippen molar-refractivity contribution < 1.29 is 9.53 Å². The van der Waals surface area contributed by atoms with Crippen LogP contribution in [0.3, 0.4) is 0 Å². The van der Waals surface area contributed by atoms with E-state index in [4.69, 9.17) is 4.74 Å². The summed E-state index contributed by atoms with van der Waals surface area (Å²) in [5.74, 6) is 0.967. The van der Waals surface area contributed by atoms with Crippen LogP contribution in [0.4, 0.5) is 11.6 Å². The molecule has 1 aromatic heterocycles. The third-order valence-electron chi connectivity index (χ3n) is 4.34. The smallest absolute Gasteiger partial charge is 0.274 e. The van der Waals surface area contributed by atoms with Crippen LogP contribution < -0.4 is 15.4 Å². The fourth-order valence-corrected chi connectivity index (χ4v) is 2.75. The number of nitrogens with zero attached hydrogens (tertiary/aromatic N) is 2. The van der Waals surface area contributed by atoms with Crippen molar-refractivity contribution in [3.8, 4) is 5.75 Å². The van der Waals surface area contributed by atoms with E-state index in [1.807, 2.05) is 63.2 Å². The van der Waals surface area contributed by atoms with E-state index in [1.165, 1.54) is 0 Å². The SMILES string of the molecule is COc1ccc(CNc2nc(C)cc(C(=O)Nc3cc(C)ccc3C)n2)cc1. The maximum absolute atomic E-state index is 12.7. The molecule has 0 aliphatic carbocycles. The molecule has 0 radical (unpaired) electrons. The lowest BCUT2D eigenvalue weighted by Gasteiger charge is -2.11. The van der Waals surface area contributed by atoms with Crippen LogP contribution in [0.15, 0.2) is 48.5 Å². The maximum atomic E-state index is 12.7. The molecule has 0 atom stereocenters. The predicted molar refractivity (Wildman–Crippen MR) is 111 cm³/mol. The number of benzene rings is 2. The summed E-state index contributed by atoms with van der Waals surface area (Å²) in [6.45, 7) is 6.34. The van der Waals surface area contributed by atoms with Gasteiger partial charge in [-0.25, -0.2) is 9.97 Å². The number of anilines is 2. The van der Waals surface area contributed by atoms with Gasteiger partial charge in [-0.1, -0.05) is 24.3 Å². The van der Waals surface area contributed by atoms with E-state index in [-0.39, 0.29) is 5.91 Å². The van der Waals surface area contributed by atoms with Crippen molar-refractivity contribution in [1.82, 2.24) is 9.97 Å². The minimum Gasteiger partial charge on any atom is -0.497 e. The highest BCUT2D eigenvalue weighted by molar-refractivity contribution is 6.03. The first-order valence-corrected chi connectivity index (χ1v) is 9.05. The molecule has 0 saturated carbocycles. The summed E-state index contributed by atoms with van der Waals surface area (Å²) < 4.78 is 5.16. The summed E-state index contributed by atoms with van der Waals surface area (Å²) in [5.41, 5.74) is 4.98. The number of aryl methyl sites for hydroxylation is 3. The minimum absolute atomic E-state index is 0.258. The van der Waals surface area contributed by atoms with Crippen LogP contribution in [0.25, 0.3) is 0 Å². The van der Waals surface area contributed by atoms with Crippen LogP contribution in [0, 0.1) is 20.8 Å². The van der Waals surface area contributed by atoms with E-state index in [0.29, 0.717) is 18.2 Å². The topological polar surface area (TPSA) is 76.1 Å². The van der Waals surface area contributed by atoms with E-state index in [2.05, 4.69) is 20.6 Å². The average molecular weight is 376 g/mol. The fourth-order valence-electron chi connectivity index (χ4n) is 2.75. The molecule has 0 spiro atoms. The van der Waals surface area contributed by atoms with Gasteiger partial charge < -0.3 is 15.4 Å². The molecule has 3 aromatic rings. The molecular formula is C22H24N4O2. The summed E-state index contributed by atoms with van der Waals surface area (Å²) in [7, 11) is 1.64. The number of hydrogen-bond donors (Lipinski definition) is 2. The number of amides is 1. The molecular weight excluding hydrogens is 352 g/mol. The Morgan fingerprint density at radius 2 is 1.75 bits per heavy atom. The number of carbonyl (C=O) groups excluding carboxylic acids is 1. The Kier molecular flexibility index (Phi) is 5.89. The standard InChI is InChI=1S/C22H24N4O2/c1-14-5-6-15(2)19(11-14)25-21(27)20-12-16(3)24-22(26-20)23-13-17-7-9-18(28-4)10-8-17/h5-12H,13H2,1-4H3,(H,25,27)(H,23,24,26). The zero-order chi connectivity index (χ0) is 20.1. The number of methoxy groups -OCH3 is 1. The summed E-state index contributed by atoms with van der Waals surface area (Å²) in [6, 6.07) is 15.4. The minimum atomic E-state index is -0.258.